The highest BCUT2D eigenvalue weighted by Crippen LogP contribution is 2.29. The van der Waals surface area contributed by atoms with Crippen molar-refractivity contribution in [2.45, 2.75) is 31.7 Å². The van der Waals surface area contributed by atoms with E-state index in [-0.39, 0.29) is 0 Å². The van der Waals surface area contributed by atoms with E-state index in [0.717, 1.165) is 54.6 Å². The Morgan fingerprint density at radius 2 is 1.88 bits per heavy atom. The number of anilines is 3. The summed E-state index contributed by atoms with van der Waals surface area (Å²) in [5.74, 6) is 2.90. The first kappa shape index (κ1) is 24.3. The van der Waals surface area contributed by atoms with Gasteiger partial charge in [0.05, 0.1) is 18.3 Å². The van der Waals surface area contributed by atoms with E-state index in [1.165, 1.54) is 0 Å². The van der Waals surface area contributed by atoms with Crippen LogP contribution >= 0.6 is 23.8 Å². The van der Waals surface area contributed by atoms with Crippen molar-refractivity contribution in [1.29, 1.82) is 0 Å². The molecule has 180 valence electrons. The van der Waals surface area contributed by atoms with Crippen molar-refractivity contribution < 1.29 is 4.74 Å². The number of thiocarbonyl (C=S) groups is 1. The van der Waals surface area contributed by atoms with Crippen LogP contribution in [0, 0.1) is 5.92 Å². The second-order valence-electron chi connectivity index (χ2n) is 8.82. The third kappa shape index (κ3) is 5.98. The van der Waals surface area contributed by atoms with E-state index in [1.807, 2.05) is 49.3 Å². The summed E-state index contributed by atoms with van der Waals surface area (Å²) in [5.41, 5.74) is 1.71. The molecule has 1 saturated carbocycles. The molecule has 1 heterocycles. The van der Waals surface area contributed by atoms with Gasteiger partial charge in [-0.1, -0.05) is 23.7 Å². The zero-order valence-electron chi connectivity index (χ0n) is 19.8. The number of hydrogen-bond acceptors (Lipinski definition) is 6. The lowest BCUT2D eigenvalue weighted by atomic mass is 9.86. The van der Waals surface area contributed by atoms with E-state index in [2.05, 4.69) is 22.0 Å². The predicted molar refractivity (Wildman–Crippen MR) is 145 cm³/mol. The maximum absolute atomic E-state index is 6.10. The van der Waals surface area contributed by atoms with Gasteiger partial charge in [-0.3, -0.25) is 0 Å². The van der Waals surface area contributed by atoms with E-state index in [4.69, 9.17) is 38.5 Å². The third-order valence-corrected chi connectivity index (χ3v) is 6.63. The Morgan fingerprint density at radius 3 is 2.62 bits per heavy atom. The molecule has 1 aliphatic carbocycles. The summed E-state index contributed by atoms with van der Waals surface area (Å²) in [7, 11) is 5.65. The molecule has 9 heteroatoms. The number of benzene rings is 2. The third-order valence-electron chi connectivity index (χ3n) is 6.15. The van der Waals surface area contributed by atoms with Gasteiger partial charge in [-0.2, -0.15) is 4.98 Å². The maximum Gasteiger partial charge on any atom is 0.225 e. The number of rotatable bonds is 7. The Kier molecular flexibility index (Phi) is 7.90. The average Bonchev–Trinajstić information content (AvgIpc) is 2.83. The van der Waals surface area contributed by atoms with Gasteiger partial charge in [-0.15, -0.1) is 0 Å². The summed E-state index contributed by atoms with van der Waals surface area (Å²) in [6, 6.07) is 13.9. The summed E-state index contributed by atoms with van der Waals surface area (Å²) in [6.45, 7) is 0.832. The molecule has 4 rings (SSSR count). The number of nitrogens with one attached hydrogen (secondary N) is 3. The first-order valence-corrected chi connectivity index (χ1v) is 12.3. The fraction of sp³-hybridized carbons (Fsp3) is 0.400. The second kappa shape index (κ2) is 11.1. The summed E-state index contributed by atoms with van der Waals surface area (Å²) >= 11 is 11.6. The van der Waals surface area contributed by atoms with Crippen LogP contribution in [0.4, 0.5) is 17.5 Å². The number of fused-ring (bicyclic) bond motifs is 1. The number of nitrogens with zero attached hydrogens (tertiary/aromatic N) is 3. The molecule has 1 aliphatic rings. The summed E-state index contributed by atoms with van der Waals surface area (Å²) in [4.78, 5) is 11.6. The van der Waals surface area contributed by atoms with Gasteiger partial charge < -0.3 is 25.6 Å². The van der Waals surface area contributed by atoms with Gasteiger partial charge in [0, 0.05) is 37.1 Å². The molecule has 0 bridgehead atoms. The minimum absolute atomic E-state index is 0.369. The van der Waals surface area contributed by atoms with E-state index >= 15 is 0 Å². The number of aromatic nitrogens is 2. The Morgan fingerprint density at radius 1 is 1.12 bits per heavy atom. The number of ether oxygens (including phenoxy) is 1. The SMILES string of the molecule is COc1ccc(Cl)cc1NC(=S)NCC1CCC(Nc2nc(N(C)C)c3ccccc3n2)CC1. The van der Waals surface area contributed by atoms with Crippen molar-refractivity contribution >= 4 is 57.3 Å². The number of methoxy groups -OCH3 is 1. The largest absolute Gasteiger partial charge is 0.495 e. The lowest BCUT2D eigenvalue weighted by Crippen LogP contribution is -2.36. The molecule has 34 heavy (non-hydrogen) atoms. The van der Waals surface area contributed by atoms with Crippen LogP contribution in [0.3, 0.4) is 0 Å². The molecule has 1 aromatic heterocycles. The lowest BCUT2D eigenvalue weighted by Gasteiger charge is -2.30. The van der Waals surface area contributed by atoms with E-state index in [9.17, 15) is 0 Å². The van der Waals surface area contributed by atoms with Gasteiger partial charge in [0.25, 0.3) is 0 Å². The monoisotopic (exact) mass is 498 g/mol. The molecule has 0 amide bonds. The molecule has 0 aliphatic heterocycles. The van der Waals surface area contributed by atoms with Crippen molar-refractivity contribution in [3.8, 4) is 5.75 Å². The smallest absolute Gasteiger partial charge is 0.225 e. The van der Waals surface area contributed by atoms with Crippen LogP contribution in [0.15, 0.2) is 42.5 Å². The highest BCUT2D eigenvalue weighted by Gasteiger charge is 2.22. The molecule has 1 fully saturated rings. The summed E-state index contributed by atoms with van der Waals surface area (Å²) in [6.07, 6.45) is 4.37. The molecule has 0 spiro atoms. The van der Waals surface area contributed by atoms with Gasteiger partial charge in [0.2, 0.25) is 5.95 Å². The molecule has 2 aromatic carbocycles. The molecule has 0 atom stereocenters. The minimum Gasteiger partial charge on any atom is -0.495 e. The second-order valence-corrected chi connectivity index (χ2v) is 9.67. The minimum atomic E-state index is 0.369. The average molecular weight is 499 g/mol. The topological polar surface area (TPSA) is 74.3 Å². The number of para-hydroxylation sites is 1. The Balaban J connectivity index is 1.28. The Hall–Kier alpha value is -2.84. The Bertz CT molecular complexity index is 1150. The van der Waals surface area contributed by atoms with Crippen LogP contribution in [0.1, 0.15) is 25.7 Å². The van der Waals surface area contributed by atoms with Gasteiger partial charge in [-0.25, -0.2) is 4.98 Å². The summed E-state index contributed by atoms with van der Waals surface area (Å²) in [5, 5.41) is 12.4. The highest BCUT2D eigenvalue weighted by atomic mass is 35.5. The molecular formula is C25H31ClN6OS. The lowest BCUT2D eigenvalue weighted by molar-refractivity contribution is 0.336. The van der Waals surface area contributed by atoms with Crippen LogP contribution in [0.5, 0.6) is 5.75 Å². The first-order chi connectivity index (χ1) is 16.4. The molecule has 7 nitrogen and oxygen atoms in total. The fourth-order valence-electron chi connectivity index (χ4n) is 4.34. The van der Waals surface area contributed by atoms with E-state index < -0.39 is 0 Å². The molecule has 3 N–H and O–H groups in total. The summed E-state index contributed by atoms with van der Waals surface area (Å²) < 4.78 is 5.37. The molecule has 3 aromatic rings. The molecule has 0 saturated heterocycles. The van der Waals surface area contributed by atoms with Crippen LogP contribution < -0.4 is 25.6 Å². The van der Waals surface area contributed by atoms with Crippen molar-refractivity contribution in [3.05, 3.63) is 47.5 Å². The van der Waals surface area contributed by atoms with Gasteiger partial charge in [0.1, 0.15) is 11.6 Å². The van der Waals surface area contributed by atoms with Gasteiger partial charge >= 0.3 is 0 Å². The quantitative estimate of drug-likeness (QED) is 0.378. The first-order valence-electron chi connectivity index (χ1n) is 11.5. The van der Waals surface area contributed by atoms with E-state index in [1.54, 1.807) is 13.2 Å². The zero-order valence-corrected chi connectivity index (χ0v) is 21.3. The van der Waals surface area contributed by atoms with Crippen molar-refractivity contribution in [3.63, 3.8) is 0 Å². The predicted octanol–water partition coefficient (Wildman–Crippen LogP) is 5.32. The van der Waals surface area contributed by atoms with Crippen molar-refractivity contribution in [2.24, 2.45) is 5.92 Å². The Labute approximate surface area is 211 Å². The van der Waals surface area contributed by atoms with Gasteiger partial charge in [-0.05, 0) is 74.2 Å². The molecule has 0 unspecified atom stereocenters. The normalized spacial score (nSPS) is 17.8. The van der Waals surface area contributed by atoms with E-state index in [0.29, 0.717) is 33.8 Å². The standard InChI is InChI=1S/C25H31ClN6OS/c1-32(2)23-19-6-4-5-7-20(19)29-24(31-23)28-18-11-8-16(9-12-18)15-27-25(34)30-21-14-17(26)10-13-22(21)33-3/h4-7,10,13-14,16,18H,8-9,11-12,15H2,1-3H3,(H2,27,30,34)(H,28,29,31). The number of hydrogen-bond donors (Lipinski definition) is 3. The molecule has 0 radical (unpaired) electrons. The number of halogens is 1. The van der Waals surface area contributed by atoms with Crippen LogP contribution in [-0.2, 0) is 0 Å². The van der Waals surface area contributed by atoms with Crippen LogP contribution in [0.25, 0.3) is 10.9 Å². The van der Waals surface area contributed by atoms with Crippen molar-refractivity contribution in [2.75, 3.05) is 43.3 Å². The van der Waals surface area contributed by atoms with Crippen LogP contribution in [-0.4, -0.2) is 48.9 Å². The van der Waals surface area contributed by atoms with Crippen molar-refractivity contribution in [1.82, 2.24) is 15.3 Å². The van der Waals surface area contributed by atoms with Gasteiger partial charge in [0.15, 0.2) is 5.11 Å². The fourth-order valence-corrected chi connectivity index (χ4v) is 4.71. The highest BCUT2D eigenvalue weighted by molar-refractivity contribution is 7.80. The van der Waals surface area contributed by atoms with Crippen LogP contribution in [0.2, 0.25) is 5.02 Å². The molecular weight excluding hydrogens is 468 g/mol. The zero-order chi connectivity index (χ0) is 24.1. The maximum atomic E-state index is 6.10.